The highest BCUT2D eigenvalue weighted by atomic mass is 16.5. The van der Waals surface area contributed by atoms with Gasteiger partial charge in [-0.3, -0.25) is 9.48 Å². The number of benzene rings is 1. The van der Waals surface area contributed by atoms with Crippen molar-refractivity contribution >= 4 is 11.9 Å². The van der Waals surface area contributed by atoms with Crippen LogP contribution in [0.4, 0.5) is 0 Å². The predicted octanol–water partition coefficient (Wildman–Crippen LogP) is 1.38. The number of hydrogen-bond donors (Lipinski definition) is 1. The minimum Gasteiger partial charge on any atom is -0.467 e. The number of rotatable bonds is 4. The normalized spacial score (nSPS) is 11.8. The van der Waals surface area contributed by atoms with Crippen molar-refractivity contribution < 1.29 is 14.3 Å². The first-order valence-electron chi connectivity index (χ1n) is 6.51. The number of aryl methyl sites for hydroxylation is 1. The largest absolute Gasteiger partial charge is 0.467 e. The van der Waals surface area contributed by atoms with Crippen LogP contribution in [0.1, 0.15) is 17.4 Å². The van der Waals surface area contributed by atoms with Crippen molar-refractivity contribution in [1.82, 2.24) is 15.1 Å². The lowest BCUT2D eigenvalue weighted by atomic mass is 10.1. The molecule has 0 unspecified atom stereocenters. The van der Waals surface area contributed by atoms with Gasteiger partial charge in [-0.1, -0.05) is 30.3 Å². The second kappa shape index (κ2) is 6.21. The van der Waals surface area contributed by atoms with Gasteiger partial charge >= 0.3 is 5.97 Å². The van der Waals surface area contributed by atoms with Crippen LogP contribution >= 0.6 is 0 Å². The van der Waals surface area contributed by atoms with Gasteiger partial charge in [0.2, 0.25) is 0 Å². The quantitative estimate of drug-likeness (QED) is 0.862. The first-order chi connectivity index (χ1) is 10.0. The molecule has 0 radical (unpaired) electrons. The SMILES string of the molecule is COC(=O)[C@H](C)NC(=O)c1cc(-c2ccccc2)nn1C. The summed E-state index contributed by atoms with van der Waals surface area (Å²) in [6.45, 7) is 1.57. The van der Waals surface area contributed by atoms with Gasteiger partial charge in [-0.05, 0) is 13.0 Å². The summed E-state index contributed by atoms with van der Waals surface area (Å²) >= 11 is 0. The Morgan fingerprint density at radius 2 is 1.95 bits per heavy atom. The molecule has 0 aliphatic carbocycles. The van der Waals surface area contributed by atoms with Crippen molar-refractivity contribution in [1.29, 1.82) is 0 Å². The molecule has 21 heavy (non-hydrogen) atoms. The third-order valence-electron chi connectivity index (χ3n) is 3.08. The molecule has 0 bridgehead atoms. The van der Waals surface area contributed by atoms with Gasteiger partial charge in [0.05, 0.1) is 12.8 Å². The Hall–Kier alpha value is -2.63. The Bertz CT molecular complexity index is 649. The monoisotopic (exact) mass is 287 g/mol. The average molecular weight is 287 g/mol. The molecule has 6 nitrogen and oxygen atoms in total. The molecule has 0 saturated heterocycles. The number of ether oxygens (including phenoxy) is 1. The van der Waals surface area contributed by atoms with Crippen LogP contribution in [0, 0.1) is 0 Å². The minimum absolute atomic E-state index is 0.370. The fraction of sp³-hybridized carbons (Fsp3) is 0.267. The average Bonchev–Trinajstić information content (AvgIpc) is 2.89. The summed E-state index contributed by atoms with van der Waals surface area (Å²) in [5.74, 6) is -0.862. The number of hydrogen-bond acceptors (Lipinski definition) is 4. The first-order valence-corrected chi connectivity index (χ1v) is 6.51. The van der Waals surface area contributed by atoms with Crippen LogP contribution in [0.5, 0.6) is 0 Å². The lowest BCUT2D eigenvalue weighted by Crippen LogP contribution is -2.39. The third-order valence-corrected chi connectivity index (χ3v) is 3.08. The zero-order chi connectivity index (χ0) is 15.4. The number of methoxy groups -OCH3 is 1. The molecule has 0 aliphatic heterocycles. The van der Waals surface area contributed by atoms with Gasteiger partial charge in [-0.15, -0.1) is 0 Å². The number of amides is 1. The molecule has 1 aromatic heterocycles. The van der Waals surface area contributed by atoms with Crippen LogP contribution in [0.2, 0.25) is 0 Å². The molecule has 2 rings (SSSR count). The van der Waals surface area contributed by atoms with Crippen LogP contribution in [-0.4, -0.2) is 34.8 Å². The highest BCUT2D eigenvalue weighted by Gasteiger charge is 2.20. The van der Waals surface area contributed by atoms with Crippen LogP contribution in [0.3, 0.4) is 0 Å². The van der Waals surface area contributed by atoms with Crippen molar-refractivity contribution in [3.8, 4) is 11.3 Å². The number of esters is 1. The van der Waals surface area contributed by atoms with E-state index in [9.17, 15) is 9.59 Å². The van der Waals surface area contributed by atoms with Crippen LogP contribution in [-0.2, 0) is 16.6 Å². The van der Waals surface area contributed by atoms with Crippen LogP contribution < -0.4 is 5.32 Å². The van der Waals surface area contributed by atoms with Crippen LogP contribution in [0.25, 0.3) is 11.3 Å². The molecule has 1 atom stereocenters. The first kappa shape index (κ1) is 14.8. The molecule has 1 amide bonds. The Kier molecular flexibility index (Phi) is 4.37. The number of carbonyl (C=O) groups excluding carboxylic acids is 2. The van der Waals surface area contributed by atoms with Gasteiger partial charge in [0.15, 0.2) is 0 Å². The van der Waals surface area contributed by atoms with Crippen molar-refractivity contribution in [2.24, 2.45) is 7.05 Å². The topological polar surface area (TPSA) is 73.2 Å². The molecule has 0 saturated carbocycles. The fourth-order valence-electron chi connectivity index (χ4n) is 1.94. The zero-order valence-corrected chi connectivity index (χ0v) is 12.2. The molecule has 1 N–H and O–H groups in total. The molecule has 2 aromatic rings. The second-order valence-corrected chi connectivity index (χ2v) is 4.62. The Labute approximate surface area is 122 Å². The van der Waals surface area contributed by atoms with Gasteiger partial charge < -0.3 is 10.1 Å². The summed E-state index contributed by atoms with van der Waals surface area (Å²) in [6, 6.07) is 10.5. The molecule has 1 heterocycles. The van der Waals surface area contributed by atoms with Gasteiger partial charge in [0, 0.05) is 12.6 Å². The van der Waals surface area contributed by atoms with Crippen molar-refractivity contribution in [2.75, 3.05) is 7.11 Å². The Morgan fingerprint density at radius 1 is 1.29 bits per heavy atom. The maximum atomic E-state index is 12.2. The molecule has 0 spiro atoms. The minimum atomic E-state index is -0.711. The summed E-state index contributed by atoms with van der Waals surface area (Å²) < 4.78 is 6.07. The van der Waals surface area contributed by atoms with E-state index in [2.05, 4.69) is 15.2 Å². The standard InChI is InChI=1S/C15H17N3O3/c1-10(15(20)21-3)16-14(19)13-9-12(17-18(13)2)11-7-5-4-6-8-11/h4-10H,1-3H3,(H,16,19)/t10-/m0/s1. The third kappa shape index (κ3) is 3.28. The molecule has 6 heteroatoms. The Balaban J connectivity index is 2.19. The fourth-order valence-corrected chi connectivity index (χ4v) is 1.94. The highest BCUT2D eigenvalue weighted by Crippen LogP contribution is 2.18. The highest BCUT2D eigenvalue weighted by molar-refractivity contribution is 5.96. The van der Waals surface area contributed by atoms with Gasteiger partial charge in [0.25, 0.3) is 5.91 Å². The molecule has 110 valence electrons. The molecule has 0 aliphatic rings. The summed E-state index contributed by atoms with van der Waals surface area (Å²) in [4.78, 5) is 23.5. The molecular weight excluding hydrogens is 270 g/mol. The number of aromatic nitrogens is 2. The van der Waals surface area contributed by atoms with E-state index in [-0.39, 0.29) is 5.91 Å². The maximum absolute atomic E-state index is 12.2. The van der Waals surface area contributed by atoms with E-state index in [0.29, 0.717) is 11.4 Å². The van der Waals surface area contributed by atoms with E-state index < -0.39 is 12.0 Å². The summed E-state index contributed by atoms with van der Waals surface area (Å²) in [6.07, 6.45) is 0. The Morgan fingerprint density at radius 3 is 2.57 bits per heavy atom. The van der Waals surface area contributed by atoms with E-state index in [0.717, 1.165) is 5.56 Å². The molecule has 0 fully saturated rings. The van der Waals surface area contributed by atoms with E-state index in [1.165, 1.54) is 11.8 Å². The number of nitrogens with zero attached hydrogens (tertiary/aromatic N) is 2. The van der Waals surface area contributed by atoms with E-state index in [1.807, 2.05) is 30.3 Å². The summed E-state index contributed by atoms with van der Waals surface area (Å²) in [7, 11) is 2.97. The summed E-state index contributed by atoms with van der Waals surface area (Å²) in [5, 5.41) is 6.89. The smallest absolute Gasteiger partial charge is 0.328 e. The van der Waals surface area contributed by atoms with Gasteiger partial charge in [-0.25, -0.2) is 4.79 Å². The predicted molar refractivity (Wildman–Crippen MR) is 77.6 cm³/mol. The van der Waals surface area contributed by atoms with Gasteiger partial charge in [0.1, 0.15) is 11.7 Å². The zero-order valence-electron chi connectivity index (χ0n) is 12.2. The van der Waals surface area contributed by atoms with Crippen molar-refractivity contribution in [3.05, 3.63) is 42.1 Å². The lowest BCUT2D eigenvalue weighted by molar-refractivity contribution is -0.142. The number of carbonyl (C=O) groups is 2. The van der Waals surface area contributed by atoms with Crippen LogP contribution in [0.15, 0.2) is 36.4 Å². The van der Waals surface area contributed by atoms with Crippen molar-refractivity contribution in [2.45, 2.75) is 13.0 Å². The number of nitrogens with one attached hydrogen (secondary N) is 1. The van der Waals surface area contributed by atoms with E-state index in [4.69, 9.17) is 0 Å². The van der Waals surface area contributed by atoms with Crippen molar-refractivity contribution in [3.63, 3.8) is 0 Å². The van der Waals surface area contributed by atoms with E-state index in [1.54, 1.807) is 20.0 Å². The second-order valence-electron chi connectivity index (χ2n) is 4.62. The molecular formula is C15H17N3O3. The molecule has 1 aromatic carbocycles. The van der Waals surface area contributed by atoms with E-state index >= 15 is 0 Å². The maximum Gasteiger partial charge on any atom is 0.328 e. The summed E-state index contributed by atoms with van der Waals surface area (Å²) in [5.41, 5.74) is 2.01. The lowest BCUT2D eigenvalue weighted by Gasteiger charge is -2.11. The van der Waals surface area contributed by atoms with Gasteiger partial charge in [-0.2, -0.15) is 5.10 Å².